The van der Waals surface area contributed by atoms with Gasteiger partial charge in [0.2, 0.25) is 0 Å². The van der Waals surface area contributed by atoms with E-state index in [0.717, 1.165) is 5.56 Å². The van der Waals surface area contributed by atoms with Crippen molar-refractivity contribution in [3.8, 4) is 0 Å². The molecule has 0 fully saturated rings. The molecule has 0 amide bonds. The predicted molar refractivity (Wildman–Crippen MR) is 42.2 cm³/mol. The second-order valence-electron chi connectivity index (χ2n) is 2.18. The molecular weight excluding hydrogens is 140 g/mol. The molecule has 0 atom stereocenters. The molecule has 0 heterocycles. The maximum atomic E-state index is 10.9. The zero-order valence-electron chi connectivity index (χ0n) is 7.12. The second kappa shape index (κ2) is 3.76. The van der Waals surface area contributed by atoms with Gasteiger partial charge in [-0.3, -0.25) is 4.79 Å². The van der Waals surface area contributed by atoms with Gasteiger partial charge in [0.05, 0.1) is 14.9 Å². The molecule has 0 saturated heterocycles. The van der Waals surface area contributed by atoms with Gasteiger partial charge < -0.3 is 4.74 Å². The third-order valence-electron chi connectivity index (χ3n) is 1.35. The highest BCUT2D eigenvalue weighted by molar-refractivity contribution is 5.72. The van der Waals surface area contributed by atoms with E-state index in [2.05, 4.69) is 4.74 Å². The van der Waals surface area contributed by atoms with Crippen LogP contribution in [0, 0.1) is 0 Å². The molecule has 0 N–H and O–H groups in total. The van der Waals surface area contributed by atoms with E-state index in [9.17, 15) is 4.79 Å². The summed E-state index contributed by atoms with van der Waals surface area (Å²) < 4.78 is 11.1. The SMILES string of the molecule is [2H]COC(=O)Cc1ccccc1. The van der Waals surface area contributed by atoms with Gasteiger partial charge in [-0.1, -0.05) is 30.3 Å². The Morgan fingerprint density at radius 3 is 2.91 bits per heavy atom. The average molecular weight is 151 g/mol. The minimum atomic E-state index is -0.351. The number of carbonyl (C=O) groups excluding carboxylic acids is 1. The second-order valence-corrected chi connectivity index (χ2v) is 2.18. The lowest BCUT2D eigenvalue weighted by molar-refractivity contribution is -0.139. The molecule has 2 nitrogen and oxygen atoms in total. The zero-order chi connectivity index (χ0) is 8.81. The summed E-state index contributed by atoms with van der Waals surface area (Å²) in [6.07, 6.45) is 0.250. The fourth-order valence-corrected chi connectivity index (χ4v) is 0.814. The first kappa shape index (κ1) is 6.40. The molecule has 58 valence electrons. The van der Waals surface area contributed by atoms with Crippen molar-refractivity contribution in [3.63, 3.8) is 0 Å². The van der Waals surface area contributed by atoms with E-state index in [4.69, 9.17) is 1.37 Å². The Bertz CT molecular complexity index is 246. The van der Waals surface area contributed by atoms with Crippen molar-refractivity contribution in [2.75, 3.05) is 7.09 Å². The number of benzene rings is 1. The summed E-state index contributed by atoms with van der Waals surface area (Å²) >= 11 is 0. The lowest BCUT2D eigenvalue weighted by Crippen LogP contribution is -2.03. The number of methoxy groups -OCH3 is 1. The molecule has 0 unspecified atom stereocenters. The molecule has 0 aliphatic rings. The summed E-state index contributed by atoms with van der Waals surface area (Å²) in [7, 11) is -0.300. The third kappa shape index (κ3) is 2.42. The summed E-state index contributed by atoms with van der Waals surface area (Å²) in [5.74, 6) is -0.351. The van der Waals surface area contributed by atoms with Gasteiger partial charge in [0.15, 0.2) is 0 Å². The van der Waals surface area contributed by atoms with Crippen molar-refractivity contribution in [3.05, 3.63) is 35.9 Å². The molecule has 1 rings (SSSR count). The van der Waals surface area contributed by atoms with E-state index in [1.165, 1.54) is 0 Å². The van der Waals surface area contributed by atoms with Crippen molar-refractivity contribution < 1.29 is 10.9 Å². The zero-order valence-corrected chi connectivity index (χ0v) is 6.12. The molecule has 0 aromatic heterocycles. The van der Waals surface area contributed by atoms with Gasteiger partial charge >= 0.3 is 5.97 Å². The van der Waals surface area contributed by atoms with Crippen molar-refractivity contribution in [1.29, 1.82) is 0 Å². The maximum absolute atomic E-state index is 10.9. The Hall–Kier alpha value is -1.31. The lowest BCUT2D eigenvalue weighted by Gasteiger charge is -1.97. The van der Waals surface area contributed by atoms with Crippen molar-refractivity contribution >= 4 is 5.97 Å². The van der Waals surface area contributed by atoms with Crippen LogP contribution in [-0.4, -0.2) is 13.1 Å². The van der Waals surface area contributed by atoms with Crippen LogP contribution in [0.1, 0.15) is 6.93 Å². The van der Waals surface area contributed by atoms with E-state index < -0.39 is 0 Å². The average Bonchev–Trinajstić information content (AvgIpc) is 2.06. The molecule has 0 bridgehead atoms. The van der Waals surface area contributed by atoms with Crippen LogP contribution < -0.4 is 0 Å². The van der Waals surface area contributed by atoms with Crippen LogP contribution in [0.4, 0.5) is 0 Å². The van der Waals surface area contributed by atoms with Crippen LogP contribution in [-0.2, 0) is 16.0 Å². The van der Waals surface area contributed by atoms with Gasteiger partial charge in [-0.05, 0) is 5.56 Å². The van der Waals surface area contributed by atoms with Gasteiger partial charge in [-0.25, -0.2) is 0 Å². The van der Waals surface area contributed by atoms with E-state index in [-0.39, 0.29) is 19.5 Å². The molecular formula is C9H10O2. The molecule has 0 saturated carbocycles. The standard InChI is InChI=1S/C9H10O2/c1-11-9(10)7-8-5-3-2-4-6-8/h2-6H,7H2,1H3/i1D. The highest BCUT2D eigenvalue weighted by Crippen LogP contribution is 1.99. The number of esters is 1. The fourth-order valence-electron chi connectivity index (χ4n) is 0.814. The number of ether oxygens (including phenoxy) is 1. The summed E-state index contributed by atoms with van der Waals surface area (Å²) in [4.78, 5) is 10.9. The Balaban J connectivity index is 2.47. The lowest BCUT2D eigenvalue weighted by atomic mass is 10.2. The molecule has 0 spiro atoms. The van der Waals surface area contributed by atoms with Gasteiger partial charge in [-0.15, -0.1) is 0 Å². The topological polar surface area (TPSA) is 26.3 Å². The summed E-state index contributed by atoms with van der Waals surface area (Å²) in [6.45, 7) is 0. The van der Waals surface area contributed by atoms with E-state index >= 15 is 0 Å². The fraction of sp³-hybridized carbons (Fsp3) is 0.222. The van der Waals surface area contributed by atoms with Crippen molar-refractivity contribution in [2.24, 2.45) is 0 Å². The van der Waals surface area contributed by atoms with Crippen LogP contribution in [0.15, 0.2) is 30.3 Å². The highest BCUT2D eigenvalue weighted by atomic mass is 16.5. The number of hydrogen-bond donors (Lipinski definition) is 0. The van der Waals surface area contributed by atoms with Gasteiger partial charge in [0, 0.05) is 0 Å². The molecule has 1 aromatic carbocycles. The van der Waals surface area contributed by atoms with E-state index in [0.29, 0.717) is 0 Å². The monoisotopic (exact) mass is 151 g/mol. The number of rotatable bonds is 2. The first-order chi connectivity index (χ1) is 5.83. The first-order valence-corrected chi connectivity index (χ1v) is 3.31. The van der Waals surface area contributed by atoms with Gasteiger partial charge in [-0.2, -0.15) is 0 Å². The van der Waals surface area contributed by atoms with Crippen LogP contribution in [0.2, 0.25) is 0 Å². The third-order valence-corrected chi connectivity index (χ3v) is 1.35. The van der Waals surface area contributed by atoms with Gasteiger partial charge in [0.25, 0.3) is 0 Å². The molecule has 0 aliphatic heterocycles. The van der Waals surface area contributed by atoms with E-state index in [1.54, 1.807) is 0 Å². The molecule has 0 aliphatic carbocycles. The Kier molecular flexibility index (Phi) is 2.19. The molecule has 2 heteroatoms. The maximum Gasteiger partial charge on any atom is 0.309 e. The minimum absolute atomic E-state index is 0.250. The van der Waals surface area contributed by atoms with E-state index in [1.807, 2.05) is 30.3 Å². The van der Waals surface area contributed by atoms with Crippen molar-refractivity contribution in [2.45, 2.75) is 6.42 Å². The van der Waals surface area contributed by atoms with Crippen LogP contribution in [0.25, 0.3) is 0 Å². The smallest absolute Gasteiger partial charge is 0.309 e. The van der Waals surface area contributed by atoms with Crippen molar-refractivity contribution in [1.82, 2.24) is 0 Å². The quantitative estimate of drug-likeness (QED) is 0.597. The molecule has 1 aromatic rings. The largest absolute Gasteiger partial charge is 0.469 e. The summed E-state index contributed by atoms with van der Waals surface area (Å²) in [5, 5.41) is 0. The van der Waals surface area contributed by atoms with Crippen LogP contribution >= 0.6 is 0 Å². The number of carbonyl (C=O) groups is 1. The predicted octanol–water partition coefficient (Wildman–Crippen LogP) is 1.40. The Morgan fingerprint density at radius 1 is 1.55 bits per heavy atom. The van der Waals surface area contributed by atoms with Crippen LogP contribution in [0.3, 0.4) is 0 Å². The first-order valence-electron chi connectivity index (χ1n) is 4.02. The summed E-state index contributed by atoms with van der Waals surface area (Å²) in [5.41, 5.74) is 0.913. The molecule has 0 radical (unpaired) electrons. The molecule has 11 heavy (non-hydrogen) atoms. The number of hydrogen-bond acceptors (Lipinski definition) is 2. The highest BCUT2D eigenvalue weighted by Gasteiger charge is 1.99. The normalized spacial score (nSPS) is 10.4. The minimum Gasteiger partial charge on any atom is -0.469 e. The van der Waals surface area contributed by atoms with Gasteiger partial charge in [0.1, 0.15) is 0 Å². The van der Waals surface area contributed by atoms with Crippen LogP contribution in [0.5, 0.6) is 0 Å². The Morgan fingerprint density at radius 2 is 2.27 bits per heavy atom. The summed E-state index contributed by atoms with van der Waals surface area (Å²) in [6, 6.07) is 9.32. The Labute approximate surface area is 67.2 Å².